The van der Waals surface area contributed by atoms with Gasteiger partial charge in [0.05, 0.1) is 40.6 Å². The summed E-state index contributed by atoms with van der Waals surface area (Å²) in [7, 11) is 0. The molecule has 8 aromatic carbocycles. The van der Waals surface area contributed by atoms with Crippen molar-refractivity contribution in [3.8, 4) is 16.8 Å². The molecule has 4 heteroatoms. The maximum Gasteiger partial charge on any atom is 0.105 e. The van der Waals surface area contributed by atoms with Crippen molar-refractivity contribution in [2.75, 3.05) is 0 Å². The molecule has 1 unspecified atom stereocenters. The Balaban J connectivity index is 0.000000342. The standard InChI is InChI=1S/C52H37N3.C8H9N.C3H8.2C2H6/c1-33(54-47-26-11-5-19-38(47)39-20-6-12-27-48(39)54)53-32-34-15-14-16-35(31-34)55-49-28-13-7-21-40(49)41-29-30-46-50(51(41)55)42-22-4-10-25-45(42)52(46)43-23-8-2-17-36(43)37-18-3-9-24-44(37)52;1-9-7-8-5-3-2-4-6-8;1-3-2;2*1-2/h2,4-17,19-31H,3,18,32H2,1H3;2-6H,1,7H2;3H2,1-2H3;2*1-2H3. The Kier molecular flexibility index (Phi) is 14.6. The molecule has 4 nitrogen and oxygen atoms in total. The van der Waals surface area contributed by atoms with Gasteiger partial charge in [0.25, 0.3) is 0 Å². The van der Waals surface area contributed by atoms with E-state index in [1.807, 2.05) is 58.0 Å². The van der Waals surface area contributed by atoms with E-state index in [2.05, 4.69) is 211 Å². The molecule has 0 N–H and O–H groups in total. The average Bonchev–Trinajstić information content (AvgIpc) is 4.15. The summed E-state index contributed by atoms with van der Waals surface area (Å²) >= 11 is 0. The minimum Gasteiger partial charge on any atom is -0.309 e. The normalized spacial score (nSPS) is 14.8. The zero-order chi connectivity index (χ0) is 49.5. The highest BCUT2D eigenvalue weighted by molar-refractivity contribution is 6.17. The number of benzene rings is 8. The monoisotopic (exact) mass is 927 g/mol. The highest BCUT2D eigenvalue weighted by Crippen LogP contribution is 2.64. The molecule has 1 spiro atoms. The van der Waals surface area contributed by atoms with E-state index in [1.54, 1.807) is 0 Å². The summed E-state index contributed by atoms with van der Waals surface area (Å²) in [5.41, 5.74) is 19.3. The van der Waals surface area contributed by atoms with Gasteiger partial charge < -0.3 is 4.57 Å². The van der Waals surface area contributed by atoms with Crippen molar-refractivity contribution in [1.82, 2.24) is 9.13 Å². The fraction of sp³-hybridized carbons (Fsp3) is 0.194. The minimum atomic E-state index is -0.342. The van der Waals surface area contributed by atoms with Crippen LogP contribution in [0, 0.1) is 0 Å². The fourth-order valence-electron chi connectivity index (χ4n) is 11.2. The lowest BCUT2D eigenvalue weighted by Crippen LogP contribution is -2.27. The van der Waals surface area contributed by atoms with Crippen LogP contribution in [-0.4, -0.2) is 21.7 Å². The number of nitrogens with zero attached hydrogens (tertiary/aromatic N) is 4. The number of fused-ring (bicyclic) bond motifs is 16. The van der Waals surface area contributed by atoms with Gasteiger partial charge in [-0.05, 0) is 107 Å². The topological polar surface area (TPSA) is 34.6 Å². The van der Waals surface area contributed by atoms with Gasteiger partial charge in [-0.3, -0.25) is 14.6 Å². The van der Waals surface area contributed by atoms with Crippen molar-refractivity contribution in [3.63, 3.8) is 0 Å². The van der Waals surface area contributed by atoms with Crippen molar-refractivity contribution in [2.24, 2.45) is 9.98 Å². The molecular formula is C67H66N4. The molecule has 354 valence electrons. The van der Waals surface area contributed by atoms with Gasteiger partial charge in [-0.25, -0.2) is 0 Å². The second kappa shape index (κ2) is 21.4. The number of aliphatic imine (C=N–C) groups is 2. The Labute approximate surface area is 421 Å². The van der Waals surface area contributed by atoms with Crippen molar-refractivity contribution >= 4 is 61.7 Å². The summed E-state index contributed by atoms with van der Waals surface area (Å²) in [6, 6.07) is 68.5. The minimum absolute atomic E-state index is 0.342. The Morgan fingerprint density at radius 1 is 0.549 bits per heavy atom. The summed E-state index contributed by atoms with van der Waals surface area (Å²) in [5.74, 6) is 0.988. The molecule has 3 aliphatic rings. The predicted molar refractivity (Wildman–Crippen MR) is 308 cm³/mol. The van der Waals surface area contributed by atoms with E-state index < -0.39 is 0 Å². The first kappa shape index (κ1) is 48.2. The van der Waals surface area contributed by atoms with Crippen molar-refractivity contribution in [2.45, 2.75) is 86.2 Å². The van der Waals surface area contributed by atoms with Crippen molar-refractivity contribution in [1.29, 1.82) is 0 Å². The van der Waals surface area contributed by atoms with E-state index in [9.17, 15) is 0 Å². The first-order chi connectivity index (χ1) is 35.1. The van der Waals surface area contributed by atoms with E-state index in [4.69, 9.17) is 4.99 Å². The van der Waals surface area contributed by atoms with Gasteiger partial charge in [0.2, 0.25) is 0 Å². The lowest BCUT2D eigenvalue weighted by Gasteiger charge is -2.32. The number of aromatic nitrogens is 2. The highest BCUT2D eigenvalue weighted by atomic mass is 15.1. The van der Waals surface area contributed by atoms with Crippen molar-refractivity contribution < 1.29 is 0 Å². The summed E-state index contributed by atoms with van der Waals surface area (Å²) in [5, 5.41) is 5.06. The summed E-state index contributed by atoms with van der Waals surface area (Å²) in [4.78, 5) is 8.99. The molecule has 13 rings (SSSR count). The van der Waals surface area contributed by atoms with Gasteiger partial charge in [-0.15, -0.1) is 0 Å². The van der Waals surface area contributed by atoms with Crippen LogP contribution in [0.15, 0.2) is 216 Å². The number of para-hydroxylation sites is 3. The molecule has 10 aromatic rings. The van der Waals surface area contributed by atoms with Gasteiger partial charge in [-0.2, -0.15) is 0 Å². The molecular weight excluding hydrogens is 861 g/mol. The third kappa shape index (κ3) is 8.25. The lowest BCUT2D eigenvalue weighted by molar-refractivity contribution is 0.781. The third-order valence-electron chi connectivity index (χ3n) is 13.8. The lowest BCUT2D eigenvalue weighted by atomic mass is 9.69. The number of hydrogen-bond acceptors (Lipinski definition) is 2. The molecule has 2 heterocycles. The third-order valence-corrected chi connectivity index (χ3v) is 13.8. The molecule has 0 saturated carbocycles. The second-order valence-electron chi connectivity index (χ2n) is 17.9. The van der Waals surface area contributed by atoms with E-state index in [0.29, 0.717) is 6.54 Å². The Hall–Kier alpha value is -7.82. The molecule has 2 aromatic heterocycles. The number of hydrogen-bond donors (Lipinski definition) is 0. The zero-order valence-corrected chi connectivity index (χ0v) is 42.6. The van der Waals surface area contributed by atoms with Crippen LogP contribution in [0.3, 0.4) is 0 Å². The van der Waals surface area contributed by atoms with E-state index in [-0.39, 0.29) is 5.41 Å². The molecule has 3 aliphatic carbocycles. The van der Waals surface area contributed by atoms with Crippen LogP contribution < -0.4 is 0 Å². The van der Waals surface area contributed by atoms with Crippen LogP contribution in [-0.2, 0) is 18.5 Å². The molecule has 71 heavy (non-hydrogen) atoms. The molecule has 0 fully saturated rings. The van der Waals surface area contributed by atoms with Crippen LogP contribution >= 0.6 is 0 Å². The van der Waals surface area contributed by atoms with Crippen LogP contribution in [0.25, 0.3) is 66.0 Å². The Morgan fingerprint density at radius 3 is 1.76 bits per heavy atom. The van der Waals surface area contributed by atoms with E-state index >= 15 is 0 Å². The predicted octanol–water partition coefficient (Wildman–Crippen LogP) is 18.1. The van der Waals surface area contributed by atoms with E-state index in [0.717, 1.165) is 30.9 Å². The maximum atomic E-state index is 5.24. The Morgan fingerprint density at radius 2 is 1.10 bits per heavy atom. The van der Waals surface area contributed by atoms with Gasteiger partial charge in [-0.1, -0.05) is 218 Å². The molecule has 0 aliphatic heterocycles. The summed E-state index contributed by atoms with van der Waals surface area (Å²) < 4.78 is 4.83. The van der Waals surface area contributed by atoms with Crippen molar-refractivity contribution in [3.05, 3.63) is 239 Å². The molecule has 0 amide bonds. The largest absolute Gasteiger partial charge is 0.309 e. The summed E-state index contributed by atoms with van der Waals surface area (Å²) in [6.45, 7) is 19.1. The maximum absolute atomic E-state index is 5.24. The van der Waals surface area contributed by atoms with Crippen LogP contribution in [0.5, 0.6) is 0 Å². The number of rotatable bonds is 5. The number of allylic oxidation sites excluding steroid dienone is 4. The van der Waals surface area contributed by atoms with Crippen LogP contribution in [0.4, 0.5) is 0 Å². The smallest absolute Gasteiger partial charge is 0.105 e. The van der Waals surface area contributed by atoms with Crippen LogP contribution in [0.1, 0.15) is 101 Å². The summed E-state index contributed by atoms with van der Waals surface area (Å²) in [6.07, 6.45) is 8.25. The highest BCUT2D eigenvalue weighted by Gasteiger charge is 2.53. The zero-order valence-electron chi connectivity index (χ0n) is 42.6. The first-order valence-electron chi connectivity index (χ1n) is 25.8. The molecule has 0 saturated heterocycles. The van der Waals surface area contributed by atoms with Gasteiger partial charge >= 0.3 is 0 Å². The SMILES string of the molecule is C=NCc1ccccc1.CC.CC.CC(=NCc1cccc(-n2c3ccccc3c3ccc4c(c32)-c2ccccc2C42C3=C(CCC=C3)c3ccccc32)c1)n1c2ccccc2c2ccccc21.CCC. The quantitative estimate of drug-likeness (QED) is 0.122. The molecule has 0 bridgehead atoms. The van der Waals surface area contributed by atoms with Gasteiger partial charge in [0, 0.05) is 32.8 Å². The fourth-order valence-corrected chi connectivity index (χ4v) is 11.2. The second-order valence-corrected chi connectivity index (χ2v) is 17.9. The van der Waals surface area contributed by atoms with Crippen LogP contribution in [0.2, 0.25) is 0 Å². The van der Waals surface area contributed by atoms with Gasteiger partial charge in [0.1, 0.15) is 5.84 Å². The van der Waals surface area contributed by atoms with E-state index in [1.165, 1.54) is 106 Å². The first-order valence-corrected chi connectivity index (χ1v) is 25.8. The van der Waals surface area contributed by atoms with Gasteiger partial charge in [0.15, 0.2) is 0 Å². The Bertz CT molecular complexity index is 3560. The average molecular weight is 927 g/mol. The molecule has 0 radical (unpaired) electrons. The molecule has 1 atom stereocenters.